The lowest BCUT2D eigenvalue weighted by molar-refractivity contribution is -0.689. The summed E-state index contributed by atoms with van der Waals surface area (Å²) in [7, 11) is 0. The number of rotatable bonds is 10. The number of esters is 1. The zero-order valence-corrected chi connectivity index (χ0v) is 21.1. The van der Waals surface area contributed by atoms with Gasteiger partial charge in [-0.2, -0.15) is 16.3 Å². The highest BCUT2D eigenvalue weighted by Gasteiger charge is 2.42. The number of thiazole rings is 1. The fraction of sp³-hybridized carbons (Fsp3) is 0.591. The van der Waals surface area contributed by atoms with Gasteiger partial charge in [-0.1, -0.05) is 17.8 Å². The lowest BCUT2D eigenvalue weighted by atomic mass is 10.0. The van der Waals surface area contributed by atoms with Crippen molar-refractivity contribution in [3.8, 4) is 0 Å². The minimum absolute atomic E-state index is 0.0830. The van der Waals surface area contributed by atoms with Gasteiger partial charge in [0.15, 0.2) is 12.2 Å². The largest absolute Gasteiger partial charge is 0.464 e. The molecule has 10 nitrogen and oxygen atoms in total. The maximum atomic E-state index is 12.3. The first kappa shape index (κ1) is 24.7. The van der Waals surface area contributed by atoms with Gasteiger partial charge in [-0.05, 0) is 19.8 Å². The molecule has 0 radical (unpaired) electrons. The van der Waals surface area contributed by atoms with Gasteiger partial charge in [0.1, 0.15) is 17.7 Å². The minimum atomic E-state index is -0.627. The summed E-state index contributed by atoms with van der Waals surface area (Å²) in [6.07, 6.45) is 4.71. The van der Waals surface area contributed by atoms with Crippen LogP contribution in [0.2, 0.25) is 0 Å². The maximum Gasteiger partial charge on any atom is 0.322 e. The average molecular weight is 507 g/mol. The van der Waals surface area contributed by atoms with Crippen LogP contribution in [0.4, 0.5) is 10.6 Å². The molecule has 0 aliphatic carbocycles. The minimum Gasteiger partial charge on any atom is -0.464 e. The molecule has 2 aliphatic rings. The lowest BCUT2D eigenvalue weighted by Gasteiger charge is -2.17. The number of nitrogens with zero attached hydrogens (tertiary/aromatic N) is 3. The number of nitrogen functional groups attached to an aromatic ring is 1. The molecule has 12 heteroatoms. The summed E-state index contributed by atoms with van der Waals surface area (Å²) in [5, 5.41) is 6.29. The summed E-state index contributed by atoms with van der Waals surface area (Å²) >= 11 is 3.49. The number of urea groups is 1. The Morgan fingerprint density at radius 1 is 1.38 bits per heavy atom. The molecular formula is C22H32N7O3S2+. The number of amides is 2. The Balaban J connectivity index is 1.17. The molecule has 1 unspecified atom stereocenters. The summed E-state index contributed by atoms with van der Waals surface area (Å²) in [5.41, 5.74) is 16.1. The number of aryl methyl sites for hydroxylation is 1. The highest BCUT2D eigenvalue weighted by atomic mass is 32.2. The van der Waals surface area contributed by atoms with Crippen LogP contribution in [-0.2, 0) is 22.5 Å². The van der Waals surface area contributed by atoms with Crippen LogP contribution >= 0.6 is 23.1 Å². The average Bonchev–Trinajstić information content (AvgIpc) is 3.45. The zero-order valence-electron chi connectivity index (χ0n) is 19.5. The fourth-order valence-electron chi connectivity index (χ4n) is 4.32. The van der Waals surface area contributed by atoms with E-state index in [-0.39, 0.29) is 24.1 Å². The predicted octanol–water partition coefficient (Wildman–Crippen LogP) is 0.822. The predicted molar refractivity (Wildman–Crippen MR) is 132 cm³/mol. The van der Waals surface area contributed by atoms with E-state index in [1.807, 2.05) is 31.1 Å². The number of fused-ring (bicyclic) bond motifs is 1. The van der Waals surface area contributed by atoms with Crippen LogP contribution in [0.15, 0.2) is 11.7 Å². The van der Waals surface area contributed by atoms with Gasteiger partial charge in [-0.15, -0.1) is 0 Å². The monoisotopic (exact) mass is 506 g/mol. The fourth-order valence-corrected chi connectivity index (χ4v) is 6.84. The van der Waals surface area contributed by atoms with Gasteiger partial charge in [-0.3, -0.25) is 4.79 Å². The number of nitrogens with one attached hydrogen (secondary N) is 2. The molecule has 184 valence electrons. The number of anilines is 1. The van der Waals surface area contributed by atoms with Gasteiger partial charge in [0.05, 0.1) is 29.1 Å². The van der Waals surface area contributed by atoms with Gasteiger partial charge < -0.3 is 26.8 Å². The SMILES string of the molecule is Cc1ncc(C[n+]2csc(CCOC(=O)C(N)CCC[C@@H]3SC[C@@H]4NC(=O)N[C@@H]43)c2C)c(N)n1. The number of ether oxygens (including phenoxy) is 1. The van der Waals surface area contributed by atoms with E-state index in [1.165, 1.54) is 0 Å². The van der Waals surface area contributed by atoms with Crippen LogP contribution in [0.1, 0.15) is 41.2 Å². The van der Waals surface area contributed by atoms with Crippen molar-refractivity contribution < 1.29 is 18.9 Å². The van der Waals surface area contributed by atoms with Gasteiger partial charge in [0.25, 0.3) is 0 Å². The van der Waals surface area contributed by atoms with Crippen molar-refractivity contribution in [1.29, 1.82) is 0 Å². The zero-order chi connectivity index (χ0) is 24.2. The second-order valence-corrected chi connectivity index (χ2v) is 11.0. The third-order valence-electron chi connectivity index (χ3n) is 6.33. The molecule has 2 aromatic rings. The molecule has 2 aliphatic heterocycles. The van der Waals surface area contributed by atoms with Crippen molar-refractivity contribution in [3.63, 3.8) is 0 Å². The molecule has 2 saturated heterocycles. The molecule has 0 bridgehead atoms. The van der Waals surface area contributed by atoms with Crippen molar-refractivity contribution >= 4 is 40.9 Å². The Kier molecular flexibility index (Phi) is 7.89. The number of carbonyl (C=O) groups is 2. The van der Waals surface area contributed by atoms with E-state index in [1.54, 1.807) is 17.5 Å². The van der Waals surface area contributed by atoms with Crippen molar-refractivity contribution in [2.75, 3.05) is 18.1 Å². The molecular weight excluding hydrogens is 474 g/mol. The molecule has 2 amide bonds. The number of hydrogen-bond acceptors (Lipinski definition) is 9. The summed E-state index contributed by atoms with van der Waals surface area (Å²) in [6, 6.07) is -0.326. The highest BCUT2D eigenvalue weighted by Crippen LogP contribution is 2.33. The van der Waals surface area contributed by atoms with E-state index >= 15 is 0 Å². The van der Waals surface area contributed by atoms with E-state index in [4.69, 9.17) is 16.2 Å². The molecule has 0 aromatic carbocycles. The Labute approximate surface area is 207 Å². The molecule has 2 aromatic heterocycles. The molecule has 6 N–H and O–H groups in total. The van der Waals surface area contributed by atoms with Gasteiger partial charge in [0, 0.05) is 30.5 Å². The standard InChI is InChI=1S/C22H31N7O3S2/c1-12-17(34-11-29(12)9-14-8-25-13(2)26-20(14)24)6-7-32-21(30)15(23)4-3-5-18-19-16(10-33-18)27-22(31)28-19/h8,11,15-16,18-19H,3-7,9-10,23H2,1-2H3,(H3-,24,25,26,27,28,31)/p+1/t15?,16-,18-,19-/m0/s1. The van der Waals surface area contributed by atoms with Crippen LogP contribution in [-0.4, -0.2) is 57.7 Å². The Bertz CT molecular complexity index is 1050. The van der Waals surface area contributed by atoms with Crippen LogP contribution < -0.4 is 26.7 Å². The smallest absolute Gasteiger partial charge is 0.322 e. The summed E-state index contributed by atoms with van der Waals surface area (Å²) < 4.78 is 7.55. The van der Waals surface area contributed by atoms with Crippen molar-refractivity contribution in [2.24, 2.45) is 5.73 Å². The van der Waals surface area contributed by atoms with Crippen molar-refractivity contribution in [1.82, 2.24) is 20.6 Å². The van der Waals surface area contributed by atoms with E-state index in [0.717, 1.165) is 34.7 Å². The number of nitrogens with two attached hydrogens (primary N) is 2. The van der Waals surface area contributed by atoms with Crippen LogP contribution in [0.5, 0.6) is 0 Å². The van der Waals surface area contributed by atoms with E-state index in [0.29, 0.717) is 42.9 Å². The normalized spacial score (nSPS) is 22.2. The van der Waals surface area contributed by atoms with E-state index in [9.17, 15) is 9.59 Å². The van der Waals surface area contributed by atoms with Crippen molar-refractivity contribution in [3.05, 3.63) is 33.7 Å². The quantitative estimate of drug-likeness (QED) is 0.210. The first-order chi connectivity index (χ1) is 16.3. The van der Waals surface area contributed by atoms with Gasteiger partial charge >= 0.3 is 12.0 Å². The highest BCUT2D eigenvalue weighted by molar-refractivity contribution is 8.00. The Morgan fingerprint density at radius 3 is 3.00 bits per heavy atom. The lowest BCUT2D eigenvalue weighted by Crippen LogP contribution is -2.37. The van der Waals surface area contributed by atoms with Crippen LogP contribution in [0, 0.1) is 13.8 Å². The summed E-state index contributed by atoms with van der Waals surface area (Å²) in [6.45, 7) is 4.74. The third-order valence-corrected chi connectivity index (χ3v) is 8.99. The van der Waals surface area contributed by atoms with Gasteiger partial charge in [0.2, 0.25) is 5.51 Å². The van der Waals surface area contributed by atoms with E-state index < -0.39 is 6.04 Å². The second-order valence-electron chi connectivity index (χ2n) is 8.76. The molecule has 0 saturated carbocycles. The molecule has 4 rings (SSSR count). The summed E-state index contributed by atoms with van der Waals surface area (Å²) in [4.78, 5) is 33.4. The third kappa shape index (κ3) is 5.78. The van der Waals surface area contributed by atoms with Gasteiger partial charge in [-0.25, -0.2) is 14.8 Å². The number of aromatic nitrogens is 3. The maximum absolute atomic E-state index is 12.3. The Morgan fingerprint density at radius 2 is 2.21 bits per heavy atom. The molecule has 0 spiro atoms. The first-order valence-electron chi connectivity index (χ1n) is 11.5. The Hall–Kier alpha value is -2.44. The van der Waals surface area contributed by atoms with Crippen molar-refractivity contribution in [2.45, 2.75) is 69.5 Å². The second kappa shape index (κ2) is 10.9. The molecule has 2 fully saturated rings. The molecule has 4 atom stereocenters. The first-order valence-corrected chi connectivity index (χ1v) is 13.4. The van der Waals surface area contributed by atoms with Crippen LogP contribution in [0.3, 0.4) is 0 Å². The molecule has 34 heavy (non-hydrogen) atoms. The number of thioether (sulfide) groups is 1. The summed E-state index contributed by atoms with van der Waals surface area (Å²) in [5.74, 6) is 1.71. The number of hydrogen-bond donors (Lipinski definition) is 4. The van der Waals surface area contributed by atoms with Crippen LogP contribution in [0.25, 0.3) is 0 Å². The van der Waals surface area contributed by atoms with E-state index in [2.05, 4.69) is 25.2 Å². The molecule has 4 heterocycles. The number of carbonyl (C=O) groups excluding carboxylic acids is 2. The topological polar surface area (TPSA) is 149 Å².